The van der Waals surface area contributed by atoms with Gasteiger partial charge in [-0.15, -0.1) is 0 Å². The van der Waals surface area contributed by atoms with Gasteiger partial charge in [0.1, 0.15) is 0 Å². The Bertz CT molecular complexity index is 704. The number of rotatable bonds is 7. The number of nitrogens with zero attached hydrogens (tertiary/aromatic N) is 1. The molecule has 0 amide bonds. The van der Waals surface area contributed by atoms with Crippen LogP contribution in [0.4, 0.5) is 10.1 Å². The van der Waals surface area contributed by atoms with Crippen LogP contribution in [0, 0.1) is 5.82 Å². The zero-order valence-corrected chi connectivity index (χ0v) is 13.9. The molecule has 0 atom stereocenters. The lowest BCUT2D eigenvalue weighted by Crippen LogP contribution is -2.23. The van der Waals surface area contributed by atoms with E-state index in [4.69, 9.17) is 15.2 Å². The monoisotopic (exact) mass is 331 g/mol. The summed E-state index contributed by atoms with van der Waals surface area (Å²) < 4.78 is 23.5. The molecule has 0 saturated carbocycles. The standard InChI is InChI=1S/C18H22FN3O2/c1-23-12-14-5-3-4-6-16(14)22-18(20)21-10-9-13-7-8-15(19)17(11-13)24-2/h3-8,11H,9-10,12H2,1-2H3,(H3,20,21,22). The van der Waals surface area contributed by atoms with Crippen molar-refractivity contribution in [2.45, 2.75) is 13.0 Å². The number of nitrogens with two attached hydrogens (primary N) is 1. The van der Waals surface area contributed by atoms with E-state index in [0.29, 0.717) is 25.5 Å². The normalized spacial score (nSPS) is 11.4. The van der Waals surface area contributed by atoms with E-state index in [1.165, 1.54) is 13.2 Å². The van der Waals surface area contributed by atoms with Crippen LogP contribution < -0.4 is 15.8 Å². The zero-order valence-electron chi connectivity index (χ0n) is 13.9. The fraction of sp³-hybridized carbons (Fsp3) is 0.278. The van der Waals surface area contributed by atoms with Gasteiger partial charge in [-0.3, -0.25) is 4.99 Å². The van der Waals surface area contributed by atoms with Gasteiger partial charge in [0.15, 0.2) is 17.5 Å². The number of nitrogens with one attached hydrogen (secondary N) is 1. The molecule has 24 heavy (non-hydrogen) atoms. The molecule has 3 N–H and O–H groups in total. The van der Waals surface area contributed by atoms with E-state index in [9.17, 15) is 4.39 Å². The van der Waals surface area contributed by atoms with Gasteiger partial charge in [-0.05, 0) is 30.2 Å². The van der Waals surface area contributed by atoms with Crippen LogP contribution in [-0.4, -0.2) is 26.7 Å². The van der Waals surface area contributed by atoms with Crippen molar-refractivity contribution in [1.82, 2.24) is 0 Å². The van der Waals surface area contributed by atoms with E-state index < -0.39 is 0 Å². The molecule has 2 aromatic carbocycles. The average molecular weight is 331 g/mol. The van der Waals surface area contributed by atoms with E-state index in [2.05, 4.69) is 10.3 Å². The fourth-order valence-corrected chi connectivity index (χ4v) is 2.27. The Hall–Kier alpha value is -2.60. The van der Waals surface area contributed by atoms with E-state index in [0.717, 1.165) is 16.8 Å². The second kappa shape index (κ2) is 8.88. The molecule has 0 aliphatic heterocycles. The van der Waals surface area contributed by atoms with Crippen molar-refractivity contribution in [3.63, 3.8) is 0 Å². The quantitative estimate of drug-likeness (QED) is 0.604. The van der Waals surface area contributed by atoms with Crippen LogP contribution in [0.2, 0.25) is 0 Å². The highest BCUT2D eigenvalue weighted by Crippen LogP contribution is 2.18. The number of benzene rings is 2. The number of para-hydroxylation sites is 1. The van der Waals surface area contributed by atoms with E-state index in [-0.39, 0.29) is 11.6 Å². The van der Waals surface area contributed by atoms with Crippen molar-refractivity contribution in [3.8, 4) is 5.75 Å². The average Bonchev–Trinajstić information content (AvgIpc) is 2.58. The predicted molar refractivity (Wildman–Crippen MR) is 93.9 cm³/mol. The Balaban J connectivity index is 1.95. The second-order valence-electron chi connectivity index (χ2n) is 5.20. The highest BCUT2D eigenvalue weighted by atomic mass is 19.1. The lowest BCUT2D eigenvalue weighted by molar-refractivity contribution is 0.185. The molecule has 2 rings (SSSR count). The van der Waals surface area contributed by atoms with Gasteiger partial charge >= 0.3 is 0 Å². The number of anilines is 1. The van der Waals surface area contributed by atoms with Crippen molar-refractivity contribution >= 4 is 11.6 Å². The Morgan fingerprint density at radius 2 is 2.00 bits per heavy atom. The smallest absolute Gasteiger partial charge is 0.193 e. The molecule has 6 heteroatoms. The lowest BCUT2D eigenvalue weighted by atomic mass is 10.1. The predicted octanol–water partition coefficient (Wildman–Crippen LogP) is 2.95. The van der Waals surface area contributed by atoms with Crippen LogP contribution in [-0.2, 0) is 17.8 Å². The molecule has 0 aliphatic carbocycles. The SMILES string of the molecule is COCc1ccccc1NC(N)=NCCc1ccc(F)c(OC)c1. The first-order chi connectivity index (χ1) is 11.6. The van der Waals surface area contributed by atoms with Crippen molar-refractivity contribution in [2.75, 3.05) is 26.1 Å². The van der Waals surface area contributed by atoms with Crippen LogP contribution in [0.3, 0.4) is 0 Å². The van der Waals surface area contributed by atoms with E-state index >= 15 is 0 Å². The van der Waals surface area contributed by atoms with E-state index in [1.807, 2.05) is 24.3 Å². The van der Waals surface area contributed by atoms with Crippen molar-refractivity contribution in [2.24, 2.45) is 10.7 Å². The lowest BCUT2D eigenvalue weighted by Gasteiger charge is -2.11. The highest BCUT2D eigenvalue weighted by molar-refractivity contribution is 5.92. The van der Waals surface area contributed by atoms with Crippen molar-refractivity contribution in [1.29, 1.82) is 0 Å². The molecule has 0 aliphatic rings. The van der Waals surface area contributed by atoms with Crippen LogP contribution >= 0.6 is 0 Å². The molecule has 0 unspecified atom stereocenters. The van der Waals surface area contributed by atoms with Crippen molar-refractivity contribution in [3.05, 3.63) is 59.4 Å². The van der Waals surface area contributed by atoms with Crippen LogP contribution in [0.25, 0.3) is 0 Å². The van der Waals surface area contributed by atoms with Gasteiger partial charge < -0.3 is 20.5 Å². The number of hydrogen-bond acceptors (Lipinski definition) is 3. The summed E-state index contributed by atoms with van der Waals surface area (Å²) in [6.45, 7) is 0.978. The number of guanidine groups is 1. The summed E-state index contributed by atoms with van der Waals surface area (Å²) in [5.74, 6) is 0.185. The van der Waals surface area contributed by atoms with E-state index in [1.54, 1.807) is 19.2 Å². The number of ether oxygens (including phenoxy) is 2. The van der Waals surface area contributed by atoms with Gasteiger partial charge in [-0.25, -0.2) is 4.39 Å². The first kappa shape index (κ1) is 17.7. The molecule has 0 fully saturated rings. The second-order valence-corrected chi connectivity index (χ2v) is 5.20. The van der Waals surface area contributed by atoms with Crippen LogP contribution in [0.5, 0.6) is 5.75 Å². The Morgan fingerprint density at radius 3 is 2.75 bits per heavy atom. The summed E-state index contributed by atoms with van der Waals surface area (Å²) >= 11 is 0. The molecule has 0 saturated heterocycles. The minimum absolute atomic E-state index is 0.232. The Labute approximate surface area is 141 Å². The van der Waals surface area contributed by atoms with Crippen LogP contribution in [0.15, 0.2) is 47.5 Å². The number of aliphatic imine (C=N–C) groups is 1. The minimum atomic E-state index is -0.374. The third-order valence-corrected chi connectivity index (χ3v) is 3.48. The summed E-state index contributed by atoms with van der Waals surface area (Å²) in [6.07, 6.45) is 0.638. The first-order valence-electron chi connectivity index (χ1n) is 7.60. The maximum absolute atomic E-state index is 13.4. The summed E-state index contributed by atoms with van der Waals surface area (Å²) in [6, 6.07) is 12.5. The third kappa shape index (κ3) is 4.96. The minimum Gasteiger partial charge on any atom is -0.494 e. The number of methoxy groups -OCH3 is 2. The number of halogens is 1. The summed E-state index contributed by atoms with van der Waals surface area (Å²) in [5.41, 5.74) is 8.73. The summed E-state index contributed by atoms with van der Waals surface area (Å²) in [4.78, 5) is 4.30. The molecule has 0 heterocycles. The fourth-order valence-electron chi connectivity index (χ4n) is 2.27. The molecule has 0 aromatic heterocycles. The molecular weight excluding hydrogens is 309 g/mol. The van der Waals surface area contributed by atoms with Crippen molar-refractivity contribution < 1.29 is 13.9 Å². The number of hydrogen-bond donors (Lipinski definition) is 2. The van der Waals surface area contributed by atoms with Gasteiger partial charge in [-0.1, -0.05) is 24.3 Å². The molecule has 0 spiro atoms. The topological polar surface area (TPSA) is 68.9 Å². The molecule has 0 bridgehead atoms. The molecule has 2 aromatic rings. The van der Waals surface area contributed by atoms with Gasteiger partial charge in [0.05, 0.1) is 13.7 Å². The third-order valence-electron chi connectivity index (χ3n) is 3.48. The molecular formula is C18H22FN3O2. The summed E-state index contributed by atoms with van der Waals surface area (Å²) in [7, 11) is 3.09. The van der Waals surface area contributed by atoms with Crippen LogP contribution in [0.1, 0.15) is 11.1 Å². The van der Waals surface area contributed by atoms with Gasteiger partial charge in [0.25, 0.3) is 0 Å². The maximum atomic E-state index is 13.4. The maximum Gasteiger partial charge on any atom is 0.193 e. The summed E-state index contributed by atoms with van der Waals surface area (Å²) in [5, 5.41) is 3.08. The Kier molecular flexibility index (Phi) is 6.57. The largest absolute Gasteiger partial charge is 0.494 e. The molecule has 128 valence electrons. The molecule has 5 nitrogen and oxygen atoms in total. The molecule has 0 radical (unpaired) electrons. The Morgan fingerprint density at radius 1 is 1.21 bits per heavy atom. The van der Waals surface area contributed by atoms with Gasteiger partial charge in [-0.2, -0.15) is 0 Å². The van der Waals surface area contributed by atoms with Gasteiger partial charge in [0.2, 0.25) is 0 Å². The highest BCUT2D eigenvalue weighted by Gasteiger charge is 2.04. The first-order valence-corrected chi connectivity index (χ1v) is 7.60. The zero-order chi connectivity index (χ0) is 17.4. The van der Waals surface area contributed by atoms with Gasteiger partial charge in [0, 0.05) is 24.9 Å².